The molecule has 3 heteroatoms. The molecule has 1 fully saturated rings. The van der Waals surface area contributed by atoms with Crippen molar-refractivity contribution >= 4 is 0 Å². The standard InChI is InChI=1S/C7H15NO2/c1-7-6-8(2-4-9)3-5-10-7/h7,9H,2-6H2,1H3/t7-/m0/s1. The molecule has 0 aromatic carbocycles. The number of ether oxygens (including phenoxy) is 1. The Morgan fingerprint density at radius 1 is 1.70 bits per heavy atom. The Morgan fingerprint density at radius 2 is 2.50 bits per heavy atom. The highest BCUT2D eigenvalue weighted by molar-refractivity contribution is 4.66. The number of nitrogens with zero attached hydrogens (tertiary/aromatic N) is 1. The van der Waals surface area contributed by atoms with Gasteiger partial charge in [0, 0.05) is 19.6 Å². The van der Waals surface area contributed by atoms with Gasteiger partial charge < -0.3 is 9.84 Å². The quantitative estimate of drug-likeness (QED) is 0.579. The highest BCUT2D eigenvalue weighted by Crippen LogP contribution is 2.02. The normalized spacial score (nSPS) is 28.8. The molecule has 1 N–H and O–H groups in total. The molecule has 0 spiro atoms. The second kappa shape index (κ2) is 3.91. The van der Waals surface area contributed by atoms with Crippen LogP contribution in [-0.4, -0.2) is 49.0 Å². The first kappa shape index (κ1) is 7.98. The summed E-state index contributed by atoms with van der Waals surface area (Å²) < 4.78 is 5.33. The van der Waals surface area contributed by atoms with Crippen molar-refractivity contribution in [1.29, 1.82) is 0 Å². The van der Waals surface area contributed by atoms with Gasteiger partial charge in [0.1, 0.15) is 0 Å². The Kier molecular flexibility index (Phi) is 3.12. The summed E-state index contributed by atoms with van der Waals surface area (Å²) in [6, 6.07) is 0. The van der Waals surface area contributed by atoms with Gasteiger partial charge in [0.25, 0.3) is 0 Å². The number of morpholine rings is 1. The Labute approximate surface area is 61.6 Å². The lowest BCUT2D eigenvalue weighted by molar-refractivity contribution is -0.0223. The van der Waals surface area contributed by atoms with Crippen molar-refractivity contribution in [3.05, 3.63) is 0 Å². The van der Waals surface area contributed by atoms with Gasteiger partial charge in [-0.25, -0.2) is 0 Å². The molecule has 0 aliphatic carbocycles. The molecule has 0 radical (unpaired) electrons. The van der Waals surface area contributed by atoms with Gasteiger partial charge in [0.15, 0.2) is 0 Å². The number of aliphatic hydroxyl groups excluding tert-OH is 1. The highest BCUT2D eigenvalue weighted by atomic mass is 16.5. The molecule has 1 atom stereocenters. The van der Waals surface area contributed by atoms with Crippen LogP contribution >= 0.6 is 0 Å². The van der Waals surface area contributed by atoms with Gasteiger partial charge in [-0.15, -0.1) is 0 Å². The van der Waals surface area contributed by atoms with Gasteiger partial charge in [-0.1, -0.05) is 0 Å². The monoisotopic (exact) mass is 145 g/mol. The first-order chi connectivity index (χ1) is 4.83. The van der Waals surface area contributed by atoms with Crippen molar-refractivity contribution in [2.75, 3.05) is 32.8 Å². The zero-order valence-corrected chi connectivity index (χ0v) is 6.42. The largest absolute Gasteiger partial charge is 0.395 e. The maximum absolute atomic E-state index is 8.62. The summed E-state index contributed by atoms with van der Waals surface area (Å²) in [5.41, 5.74) is 0. The fraction of sp³-hybridized carbons (Fsp3) is 1.00. The van der Waals surface area contributed by atoms with E-state index in [1.165, 1.54) is 0 Å². The third kappa shape index (κ3) is 2.25. The molecule has 0 saturated carbocycles. The van der Waals surface area contributed by atoms with Crippen LogP contribution in [0.3, 0.4) is 0 Å². The minimum absolute atomic E-state index is 0.257. The summed E-state index contributed by atoms with van der Waals surface area (Å²) in [6.07, 6.45) is 0.334. The maximum atomic E-state index is 8.62. The van der Waals surface area contributed by atoms with E-state index in [4.69, 9.17) is 9.84 Å². The number of rotatable bonds is 2. The molecule has 1 rings (SSSR count). The van der Waals surface area contributed by atoms with E-state index in [1.54, 1.807) is 0 Å². The third-order valence-corrected chi connectivity index (χ3v) is 1.74. The number of β-amino-alcohol motifs (C(OH)–C–C–N with tert-alkyl or cyclic N) is 1. The minimum atomic E-state index is 0.257. The molecule has 0 bridgehead atoms. The zero-order chi connectivity index (χ0) is 7.40. The van der Waals surface area contributed by atoms with Crippen LogP contribution in [0.2, 0.25) is 0 Å². The topological polar surface area (TPSA) is 32.7 Å². The molecular formula is C7H15NO2. The van der Waals surface area contributed by atoms with E-state index in [1.807, 2.05) is 0 Å². The fourth-order valence-electron chi connectivity index (χ4n) is 1.24. The lowest BCUT2D eigenvalue weighted by Gasteiger charge is -2.30. The van der Waals surface area contributed by atoms with Crippen LogP contribution in [0.4, 0.5) is 0 Å². The molecule has 0 unspecified atom stereocenters. The van der Waals surface area contributed by atoms with Crippen LogP contribution < -0.4 is 0 Å². The summed E-state index contributed by atoms with van der Waals surface area (Å²) in [5, 5.41) is 8.62. The van der Waals surface area contributed by atoms with Gasteiger partial charge in [-0.05, 0) is 6.92 Å². The average molecular weight is 145 g/mol. The zero-order valence-electron chi connectivity index (χ0n) is 6.42. The molecule has 1 aliphatic rings. The maximum Gasteiger partial charge on any atom is 0.0674 e. The van der Waals surface area contributed by atoms with Crippen molar-refractivity contribution in [2.45, 2.75) is 13.0 Å². The molecule has 1 saturated heterocycles. The Hall–Kier alpha value is -0.120. The van der Waals surface area contributed by atoms with Gasteiger partial charge in [-0.3, -0.25) is 4.90 Å². The first-order valence-corrected chi connectivity index (χ1v) is 3.77. The minimum Gasteiger partial charge on any atom is -0.395 e. The van der Waals surface area contributed by atoms with E-state index in [2.05, 4.69) is 11.8 Å². The highest BCUT2D eigenvalue weighted by Gasteiger charge is 2.14. The van der Waals surface area contributed by atoms with Gasteiger partial charge >= 0.3 is 0 Å². The molecule has 0 amide bonds. The Morgan fingerprint density at radius 3 is 3.10 bits per heavy atom. The molecule has 1 aliphatic heterocycles. The van der Waals surface area contributed by atoms with E-state index in [0.29, 0.717) is 6.10 Å². The van der Waals surface area contributed by atoms with Gasteiger partial charge in [-0.2, -0.15) is 0 Å². The van der Waals surface area contributed by atoms with Crippen molar-refractivity contribution < 1.29 is 9.84 Å². The van der Waals surface area contributed by atoms with Gasteiger partial charge in [0.2, 0.25) is 0 Å². The van der Waals surface area contributed by atoms with E-state index in [0.717, 1.165) is 26.2 Å². The van der Waals surface area contributed by atoms with Crippen LogP contribution in [0.15, 0.2) is 0 Å². The van der Waals surface area contributed by atoms with Crippen molar-refractivity contribution in [3.63, 3.8) is 0 Å². The summed E-state index contributed by atoms with van der Waals surface area (Å²) in [6.45, 7) is 5.83. The molecule has 1 heterocycles. The average Bonchev–Trinajstić information content (AvgIpc) is 1.88. The van der Waals surface area contributed by atoms with Crippen LogP contribution in [0, 0.1) is 0 Å². The third-order valence-electron chi connectivity index (χ3n) is 1.74. The van der Waals surface area contributed by atoms with E-state index >= 15 is 0 Å². The smallest absolute Gasteiger partial charge is 0.0674 e. The fourth-order valence-corrected chi connectivity index (χ4v) is 1.24. The predicted molar refractivity (Wildman–Crippen MR) is 38.9 cm³/mol. The number of hydrogen-bond donors (Lipinski definition) is 1. The first-order valence-electron chi connectivity index (χ1n) is 3.77. The molecule has 3 nitrogen and oxygen atoms in total. The molecule has 10 heavy (non-hydrogen) atoms. The van der Waals surface area contributed by atoms with Crippen molar-refractivity contribution in [1.82, 2.24) is 4.90 Å². The number of hydrogen-bond acceptors (Lipinski definition) is 3. The van der Waals surface area contributed by atoms with Crippen molar-refractivity contribution in [2.24, 2.45) is 0 Å². The van der Waals surface area contributed by atoms with Crippen LogP contribution in [0.25, 0.3) is 0 Å². The Balaban J connectivity index is 2.18. The van der Waals surface area contributed by atoms with E-state index < -0.39 is 0 Å². The lowest BCUT2D eigenvalue weighted by Crippen LogP contribution is -2.42. The molecule has 0 aromatic heterocycles. The predicted octanol–water partition coefficient (Wildman–Crippen LogP) is -0.301. The number of aliphatic hydroxyl groups is 1. The van der Waals surface area contributed by atoms with Gasteiger partial charge in [0.05, 0.1) is 19.3 Å². The second-order valence-electron chi connectivity index (χ2n) is 2.71. The van der Waals surface area contributed by atoms with E-state index in [-0.39, 0.29) is 6.61 Å². The van der Waals surface area contributed by atoms with Crippen LogP contribution in [0.1, 0.15) is 6.92 Å². The molecule has 60 valence electrons. The van der Waals surface area contributed by atoms with Crippen molar-refractivity contribution in [3.8, 4) is 0 Å². The summed E-state index contributed by atoms with van der Waals surface area (Å²) >= 11 is 0. The molecular weight excluding hydrogens is 130 g/mol. The van der Waals surface area contributed by atoms with Crippen LogP contribution in [0.5, 0.6) is 0 Å². The van der Waals surface area contributed by atoms with E-state index in [9.17, 15) is 0 Å². The Bertz CT molecular complexity index is 95.6. The van der Waals surface area contributed by atoms with Crippen LogP contribution in [-0.2, 0) is 4.74 Å². The summed E-state index contributed by atoms with van der Waals surface area (Å²) in [7, 11) is 0. The summed E-state index contributed by atoms with van der Waals surface area (Å²) in [5.74, 6) is 0. The molecule has 0 aromatic rings. The lowest BCUT2D eigenvalue weighted by atomic mass is 10.3. The second-order valence-corrected chi connectivity index (χ2v) is 2.71. The SMILES string of the molecule is C[C@H]1CN(CCO)CCO1. The summed E-state index contributed by atoms with van der Waals surface area (Å²) in [4.78, 5) is 2.22.